The smallest absolute Gasteiger partial charge is 0.389 e. The number of hydrogen-bond acceptors (Lipinski definition) is 5. The lowest BCUT2D eigenvalue weighted by molar-refractivity contribution is -0.146. The first-order chi connectivity index (χ1) is 18.5. The second kappa shape index (κ2) is 11.6. The van der Waals surface area contributed by atoms with Gasteiger partial charge in [-0.2, -0.15) is 13.2 Å². The van der Waals surface area contributed by atoms with Crippen molar-refractivity contribution < 1.29 is 32.3 Å². The molecule has 1 saturated carbocycles. The van der Waals surface area contributed by atoms with Crippen molar-refractivity contribution in [3.05, 3.63) is 58.6 Å². The second-order valence-electron chi connectivity index (χ2n) is 9.72. The van der Waals surface area contributed by atoms with E-state index in [1.54, 1.807) is 42.5 Å². The Morgan fingerprint density at radius 1 is 1.18 bits per heavy atom. The average molecular weight is 565 g/mol. The Morgan fingerprint density at radius 2 is 1.87 bits per heavy atom. The molecule has 208 valence electrons. The summed E-state index contributed by atoms with van der Waals surface area (Å²) in [5.41, 5.74) is 7.25. The molecule has 2 aromatic rings. The number of hydrogen-bond donors (Lipinski definition) is 3. The Kier molecular flexibility index (Phi) is 8.48. The van der Waals surface area contributed by atoms with E-state index in [1.165, 1.54) is 7.11 Å². The largest absolute Gasteiger partial charge is 0.495 e. The van der Waals surface area contributed by atoms with Crippen LogP contribution in [-0.4, -0.2) is 42.9 Å². The molecule has 2 aliphatic rings. The standard InChI is InChI=1S/C27H28ClF3N4O4/c1-39-20-4-2-3-18-21(15-7-9-16(28)10-8-15)33-24(26(38)34-22(18)20)35-25(37)17(11-12-27(29,30)31)19(23(32)36)13-14-5-6-14/h2-4,7-10,14,17,19,24H,5-6,11-13H2,1H3,(H2,32,36)(H,34,38)(H,35,37). The van der Waals surface area contributed by atoms with Gasteiger partial charge in [0.2, 0.25) is 18.0 Å². The van der Waals surface area contributed by atoms with Crippen LogP contribution in [0.1, 0.15) is 43.2 Å². The van der Waals surface area contributed by atoms with Gasteiger partial charge in [0.1, 0.15) is 5.75 Å². The summed E-state index contributed by atoms with van der Waals surface area (Å²) < 4.78 is 44.8. The number of para-hydroxylation sites is 1. The van der Waals surface area contributed by atoms with Gasteiger partial charge < -0.3 is 21.1 Å². The summed E-state index contributed by atoms with van der Waals surface area (Å²) in [6.45, 7) is 0. The van der Waals surface area contributed by atoms with Gasteiger partial charge in [-0.3, -0.25) is 14.4 Å². The number of rotatable bonds is 10. The number of primary amides is 1. The zero-order valence-electron chi connectivity index (χ0n) is 21.1. The molecule has 0 bridgehead atoms. The van der Waals surface area contributed by atoms with Gasteiger partial charge in [-0.25, -0.2) is 4.99 Å². The molecule has 12 heteroatoms. The molecule has 1 aliphatic carbocycles. The number of nitrogens with zero attached hydrogens (tertiary/aromatic N) is 1. The number of aliphatic imine (C=N–C) groups is 1. The number of carbonyl (C=O) groups excluding carboxylic acids is 3. The van der Waals surface area contributed by atoms with Crippen LogP contribution >= 0.6 is 11.6 Å². The number of nitrogens with one attached hydrogen (secondary N) is 2. The fourth-order valence-electron chi connectivity index (χ4n) is 4.68. The first-order valence-electron chi connectivity index (χ1n) is 12.4. The third-order valence-electron chi connectivity index (χ3n) is 6.86. The quantitative estimate of drug-likeness (QED) is 0.395. The Bertz CT molecular complexity index is 1280. The lowest BCUT2D eigenvalue weighted by atomic mass is 9.83. The molecule has 3 atom stereocenters. The molecule has 39 heavy (non-hydrogen) atoms. The molecule has 0 radical (unpaired) electrons. The van der Waals surface area contributed by atoms with Gasteiger partial charge in [-0.1, -0.05) is 48.7 Å². The number of fused-ring (bicyclic) bond motifs is 1. The summed E-state index contributed by atoms with van der Waals surface area (Å²) in [5.74, 6) is -4.50. The van der Waals surface area contributed by atoms with Gasteiger partial charge in [0.05, 0.1) is 18.5 Å². The molecule has 1 heterocycles. The molecule has 3 unspecified atom stereocenters. The number of halogens is 4. The molecule has 1 fully saturated rings. The molecule has 3 amide bonds. The molecule has 4 rings (SSSR count). The van der Waals surface area contributed by atoms with Crippen molar-refractivity contribution in [2.45, 2.75) is 44.4 Å². The number of alkyl halides is 3. The lowest BCUT2D eigenvalue weighted by Crippen LogP contribution is -2.48. The van der Waals surface area contributed by atoms with Crippen LogP contribution in [-0.2, 0) is 14.4 Å². The first-order valence-corrected chi connectivity index (χ1v) is 12.8. The summed E-state index contributed by atoms with van der Waals surface area (Å²) in [5, 5.41) is 5.65. The number of ether oxygens (including phenoxy) is 1. The molecule has 4 N–H and O–H groups in total. The molecular weight excluding hydrogens is 537 g/mol. The number of carbonyl (C=O) groups is 3. The van der Waals surface area contributed by atoms with Crippen LogP contribution in [0.25, 0.3) is 0 Å². The van der Waals surface area contributed by atoms with Crippen molar-refractivity contribution in [1.29, 1.82) is 0 Å². The van der Waals surface area contributed by atoms with Crippen molar-refractivity contribution in [3.8, 4) is 5.75 Å². The van der Waals surface area contributed by atoms with Crippen LogP contribution in [0, 0.1) is 17.8 Å². The van der Waals surface area contributed by atoms with Crippen LogP contribution in [0.2, 0.25) is 5.02 Å². The van der Waals surface area contributed by atoms with Crippen molar-refractivity contribution in [2.75, 3.05) is 12.4 Å². The maximum Gasteiger partial charge on any atom is 0.389 e. The lowest BCUT2D eigenvalue weighted by Gasteiger charge is -2.26. The Labute approximate surface area is 228 Å². The Morgan fingerprint density at radius 3 is 2.46 bits per heavy atom. The highest BCUT2D eigenvalue weighted by molar-refractivity contribution is 6.31. The number of benzene rings is 2. The van der Waals surface area contributed by atoms with E-state index in [-0.39, 0.29) is 12.3 Å². The molecular formula is C27H28ClF3N4O4. The van der Waals surface area contributed by atoms with E-state index in [0.29, 0.717) is 33.3 Å². The minimum Gasteiger partial charge on any atom is -0.495 e. The van der Waals surface area contributed by atoms with Crippen LogP contribution in [0.4, 0.5) is 18.9 Å². The van der Waals surface area contributed by atoms with E-state index in [0.717, 1.165) is 12.8 Å². The highest BCUT2D eigenvalue weighted by Gasteiger charge is 2.41. The molecule has 1 aliphatic heterocycles. The summed E-state index contributed by atoms with van der Waals surface area (Å²) >= 11 is 6.04. The van der Waals surface area contributed by atoms with Crippen LogP contribution < -0.4 is 21.1 Å². The number of nitrogens with two attached hydrogens (primary N) is 1. The van der Waals surface area contributed by atoms with Crippen molar-refractivity contribution in [2.24, 2.45) is 28.5 Å². The highest BCUT2D eigenvalue weighted by atomic mass is 35.5. The van der Waals surface area contributed by atoms with Gasteiger partial charge >= 0.3 is 6.18 Å². The first kappa shape index (κ1) is 28.4. The molecule has 0 saturated heterocycles. The van der Waals surface area contributed by atoms with Crippen molar-refractivity contribution in [1.82, 2.24) is 5.32 Å². The number of anilines is 1. The normalized spacial score (nSPS) is 18.6. The van der Waals surface area contributed by atoms with Crippen molar-refractivity contribution >= 4 is 40.7 Å². The third-order valence-corrected chi connectivity index (χ3v) is 7.12. The maximum absolute atomic E-state index is 13.4. The second-order valence-corrected chi connectivity index (χ2v) is 10.2. The zero-order valence-corrected chi connectivity index (χ0v) is 21.8. The van der Waals surface area contributed by atoms with E-state index in [1.807, 2.05) is 0 Å². The van der Waals surface area contributed by atoms with E-state index >= 15 is 0 Å². The molecule has 0 spiro atoms. The summed E-state index contributed by atoms with van der Waals surface area (Å²) in [6.07, 6.45) is -6.14. The fourth-order valence-corrected chi connectivity index (χ4v) is 4.81. The van der Waals surface area contributed by atoms with E-state index in [2.05, 4.69) is 15.6 Å². The van der Waals surface area contributed by atoms with Gasteiger partial charge in [-0.05, 0) is 37.0 Å². The fraction of sp³-hybridized carbons (Fsp3) is 0.407. The Hall–Kier alpha value is -3.60. The van der Waals surface area contributed by atoms with Gasteiger partial charge in [0.15, 0.2) is 0 Å². The summed E-state index contributed by atoms with van der Waals surface area (Å²) in [6, 6.07) is 11.7. The SMILES string of the molecule is COc1cccc2c1NC(=O)C(NC(=O)C(CCC(F)(F)F)C(CC1CC1)C(N)=O)N=C2c1ccc(Cl)cc1. The molecule has 8 nitrogen and oxygen atoms in total. The van der Waals surface area contributed by atoms with Gasteiger partial charge in [0.25, 0.3) is 5.91 Å². The van der Waals surface area contributed by atoms with E-state index in [4.69, 9.17) is 22.1 Å². The highest BCUT2D eigenvalue weighted by Crippen LogP contribution is 2.39. The predicted octanol–water partition coefficient (Wildman–Crippen LogP) is 4.44. The number of methoxy groups -OCH3 is 1. The van der Waals surface area contributed by atoms with Gasteiger partial charge in [0, 0.05) is 34.4 Å². The number of benzodiazepines with no additional fused rings is 1. The minimum atomic E-state index is -4.54. The van der Waals surface area contributed by atoms with Crippen LogP contribution in [0.15, 0.2) is 47.5 Å². The summed E-state index contributed by atoms with van der Waals surface area (Å²) in [4.78, 5) is 43.5. The van der Waals surface area contributed by atoms with Crippen LogP contribution in [0.5, 0.6) is 5.75 Å². The van der Waals surface area contributed by atoms with Crippen molar-refractivity contribution in [3.63, 3.8) is 0 Å². The Balaban J connectivity index is 1.70. The van der Waals surface area contributed by atoms with Gasteiger partial charge in [-0.15, -0.1) is 0 Å². The van der Waals surface area contributed by atoms with E-state index in [9.17, 15) is 27.6 Å². The number of amides is 3. The summed E-state index contributed by atoms with van der Waals surface area (Å²) in [7, 11) is 1.43. The average Bonchev–Trinajstić information content (AvgIpc) is 3.71. The molecule has 2 aromatic carbocycles. The topological polar surface area (TPSA) is 123 Å². The third kappa shape index (κ3) is 7.08. The maximum atomic E-state index is 13.4. The van der Waals surface area contributed by atoms with Crippen LogP contribution in [0.3, 0.4) is 0 Å². The monoisotopic (exact) mass is 564 g/mol. The van der Waals surface area contributed by atoms with E-state index < -0.39 is 54.7 Å². The minimum absolute atomic E-state index is 0.126. The predicted molar refractivity (Wildman–Crippen MR) is 139 cm³/mol. The molecule has 0 aromatic heterocycles. The zero-order chi connectivity index (χ0) is 28.3.